The van der Waals surface area contributed by atoms with E-state index in [1.807, 2.05) is 0 Å². The second-order valence-corrected chi connectivity index (χ2v) is 4.65. The molecule has 0 aliphatic carbocycles. The molecule has 0 spiro atoms. The first-order valence-electron chi connectivity index (χ1n) is 5.03. The van der Waals surface area contributed by atoms with Gasteiger partial charge in [0.05, 0.1) is 17.5 Å². The van der Waals surface area contributed by atoms with Gasteiger partial charge in [-0.2, -0.15) is 0 Å². The summed E-state index contributed by atoms with van der Waals surface area (Å²) >= 11 is 5.54. The van der Waals surface area contributed by atoms with Gasteiger partial charge in [0.15, 0.2) is 0 Å². The van der Waals surface area contributed by atoms with Crippen molar-refractivity contribution in [3.8, 4) is 5.75 Å². The summed E-state index contributed by atoms with van der Waals surface area (Å²) in [6.45, 7) is 3.47. The maximum atomic E-state index is 13.1. The van der Waals surface area contributed by atoms with Crippen LogP contribution in [0.4, 0.5) is 4.39 Å². The zero-order valence-corrected chi connectivity index (χ0v) is 10.7. The number of methoxy groups -OCH3 is 1. The number of hydrogen-bond donors (Lipinski definition) is 0. The molecular formula is C12H14ClFO3. The minimum Gasteiger partial charge on any atom is -0.492 e. The number of benzene rings is 1. The molecule has 3 nitrogen and oxygen atoms in total. The number of hydrogen-bond acceptors (Lipinski definition) is 3. The molecule has 94 valence electrons. The van der Waals surface area contributed by atoms with Gasteiger partial charge in [0.2, 0.25) is 0 Å². The number of rotatable bonds is 4. The van der Waals surface area contributed by atoms with Crippen molar-refractivity contribution >= 4 is 17.6 Å². The Hall–Kier alpha value is -1.29. The van der Waals surface area contributed by atoms with E-state index in [1.165, 1.54) is 19.2 Å². The summed E-state index contributed by atoms with van der Waals surface area (Å²) < 4.78 is 23.1. The highest BCUT2D eigenvalue weighted by atomic mass is 35.5. The fraction of sp³-hybridized carbons (Fsp3) is 0.417. The molecule has 0 saturated heterocycles. The van der Waals surface area contributed by atoms with Gasteiger partial charge >= 0.3 is 5.97 Å². The highest BCUT2D eigenvalue weighted by Crippen LogP contribution is 2.23. The lowest BCUT2D eigenvalue weighted by molar-refractivity contribution is -0.152. The van der Waals surface area contributed by atoms with Gasteiger partial charge in [0, 0.05) is 6.07 Å². The molecule has 5 heteroatoms. The van der Waals surface area contributed by atoms with Crippen molar-refractivity contribution in [2.24, 2.45) is 5.41 Å². The second-order valence-electron chi connectivity index (χ2n) is 4.24. The number of ether oxygens (including phenoxy) is 2. The molecule has 0 aromatic heterocycles. The molecule has 0 heterocycles. The second kappa shape index (κ2) is 5.36. The average Bonchev–Trinajstić information content (AvgIpc) is 2.29. The smallest absolute Gasteiger partial charge is 0.314 e. The molecule has 1 rings (SSSR count). The number of carbonyl (C=O) groups excluding carboxylic acids is 1. The van der Waals surface area contributed by atoms with Crippen LogP contribution in [0, 0.1) is 11.2 Å². The zero-order chi connectivity index (χ0) is 13.1. The Balaban J connectivity index is 2.67. The van der Waals surface area contributed by atoms with Crippen LogP contribution in [0.15, 0.2) is 18.2 Å². The lowest BCUT2D eigenvalue weighted by Crippen LogP contribution is -2.32. The fourth-order valence-corrected chi connectivity index (χ4v) is 1.28. The van der Waals surface area contributed by atoms with Crippen molar-refractivity contribution in [2.75, 3.05) is 13.7 Å². The highest BCUT2D eigenvalue weighted by Gasteiger charge is 2.29. The van der Waals surface area contributed by atoms with Gasteiger partial charge in [0.25, 0.3) is 0 Å². The predicted molar refractivity (Wildman–Crippen MR) is 62.7 cm³/mol. The van der Waals surface area contributed by atoms with E-state index in [-0.39, 0.29) is 17.6 Å². The fourth-order valence-electron chi connectivity index (χ4n) is 1.17. The van der Waals surface area contributed by atoms with Crippen LogP contribution in [0.3, 0.4) is 0 Å². The van der Waals surface area contributed by atoms with E-state index < -0.39 is 11.2 Å². The summed E-state index contributed by atoms with van der Waals surface area (Å²) in [5.41, 5.74) is -0.787. The Labute approximate surface area is 104 Å². The van der Waals surface area contributed by atoms with Crippen molar-refractivity contribution in [3.63, 3.8) is 0 Å². The summed E-state index contributed by atoms with van der Waals surface area (Å²) in [6, 6.07) is 4.12. The Morgan fingerprint density at radius 3 is 2.65 bits per heavy atom. The summed E-state index contributed by atoms with van der Waals surface area (Å²) in [5, 5.41) is 0.0320. The van der Waals surface area contributed by atoms with Crippen LogP contribution in [0.25, 0.3) is 0 Å². The van der Waals surface area contributed by atoms with Gasteiger partial charge < -0.3 is 9.47 Å². The van der Waals surface area contributed by atoms with Crippen LogP contribution >= 0.6 is 11.6 Å². The molecule has 0 N–H and O–H groups in total. The molecule has 17 heavy (non-hydrogen) atoms. The maximum absolute atomic E-state index is 13.1. The van der Waals surface area contributed by atoms with Crippen LogP contribution in [-0.2, 0) is 9.53 Å². The Bertz CT molecular complexity index is 418. The zero-order valence-electron chi connectivity index (χ0n) is 9.92. The van der Waals surface area contributed by atoms with E-state index in [4.69, 9.17) is 16.3 Å². The Morgan fingerprint density at radius 1 is 1.47 bits per heavy atom. The van der Waals surface area contributed by atoms with Crippen molar-refractivity contribution < 1.29 is 18.7 Å². The summed E-state index contributed by atoms with van der Waals surface area (Å²) in [6.07, 6.45) is 0. The normalized spacial score (nSPS) is 11.1. The molecule has 0 atom stereocenters. The standard InChI is InChI=1S/C12H14ClFO3/c1-12(2,11(15)16-3)7-17-8-4-5-9(13)10(14)6-8/h4-6H,7H2,1-3H3. The molecule has 0 amide bonds. The number of halogens is 2. The topological polar surface area (TPSA) is 35.5 Å². The first-order chi connectivity index (χ1) is 7.86. The third-order valence-electron chi connectivity index (χ3n) is 2.23. The molecule has 0 aliphatic rings. The predicted octanol–water partition coefficient (Wildman–Crippen LogP) is 3.06. The van der Waals surface area contributed by atoms with Gasteiger partial charge in [-0.1, -0.05) is 11.6 Å². The van der Waals surface area contributed by atoms with Crippen LogP contribution in [0.1, 0.15) is 13.8 Å². The van der Waals surface area contributed by atoms with E-state index in [1.54, 1.807) is 19.9 Å². The molecule has 0 unspecified atom stereocenters. The van der Waals surface area contributed by atoms with Gasteiger partial charge in [0.1, 0.15) is 18.2 Å². The van der Waals surface area contributed by atoms with E-state index in [9.17, 15) is 9.18 Å². The molecule has 1 aromatic rings. The van der Waals surface area contributed by atoms with Crippen LogP contribution in [0.2, 0.25) is 5.02 Å². The van der Waals surface area contributed by atoms with Gasteiger partial charge in [-0.25, -0.2) is 4.39 Å². The molecule has 0 aliphatic heterocycles. The first kappa shape index (κ1) is 13.8. The molecule has 1 aromatic carbocycles. The van der Waals surface area contributed by atoms with Crippen LogP contribution in [-0.4, -0.2) is 19.7 Å². The highest BCUT2D eigenvalue weighted by molar-refractivity contribution is 6.30. The number of esters is 1. The maximum Gasteiger partial charge on any atom is 0.314 e. The average molecular weight is 261 g/mol. The lowest BCUT2D eigenvalue weighted by atomic mass is 9.95. The number of carbonyl (C=O) groups is 1. The van der Waals surface area contributed by atoms with Crippen LogP contribution in [0.5, 0.6) is 5.75 Å². The summed E-state index contributed by atoms with van der Waals surface area (Å²) in [7, 11) is 1.31. The van der Waals surface area contributed by atoms with E-state index >= 15 is 0 Å². The third kappa shape index (κ3) is 3.60. The van der Waals surface area contributed by atoms with Crippen molar-refractivity contribution in [1.82, 2.24) is 0 Å². The van der Waals surface area contributed by atoms with E-state index in [2.05, 4.69) is 4.74 Å². The largest absolute Gasteiger partial charge is 0.492 e. The molecule has 0 radical (unpaired) electrons. The van der Waals surface area contributed by atoms with Gasteiger partial charge in [-0.3, -0.25) is 4.79 Å². The van der Waals surface area contributed by atoms with Crippen LogP contribution < -0.4 is 4.74 Å². The SMILES string of the molecule is COC(=O)C(C)(C)COc1ccc(Cl)c(F)c1. The monoisotopic (exact) mass is 260 g/mol. The summed E-state index contributed by atoms with van der Waals surface area (Å²) in [4.78, 5) is 11.4. The molecule has 0 fully saturated rings. The van der Waals surface area contributed by atoms with E-state index in [0.29, 0.717) is 5.75 Å². The van der Waals surface area contributed by atoms with Crippen molar-refractivity contribution in [3.05, 3.63) is 29.0 Å². The van der Waals surface area contributed by atoms with Crippen molar-refractivity contribution in [2.45, 2.75) is 13.8 Å². The summed E-state index contributed by atoms with van der Waals surface area (Å²) in [5.74, 6) is -0.615. The lowest BCUT2D eigenvalue weighted by Gasteiger charge is -2.21. The minimum absolute atomic E-state index is 0.0320. The Morgan fingerprint density at radius 2 is 2.12 bits per heavy atom. The molecular weight excluding hydrogens is 247 g/mol. The van der Waals surface area contributed by atoms with Gasteiger partial charge in [-0.15, -0.1) is 0 Å². The quantitative estimate of drug-likeness (QED) is 0.781. The third-order valence-corrected chi connectivity index (χ3v) is 2.54. The molecule has 0 saturated carbocycles. The molecule has 0 bridgehead atoms. The minimum atomic E-state index is -0.787. The van der Waals surface area contributed by atoms with Crippen molar-refractivity contribution in [1.29, 1.82) is 0 Å². The Kier molecular flexibility index (Phi) is 4.34. The first-order valence-corrected chi connectivity index (χ1v) is 5.41. The van der Waals surface area contributed by atoms with Gasteiger partial charge in [-0.05, 0) is 26.0 Å². The van der Waals surface area contributed by atoms with E-state index in [0.717, 1.165) is 0 Å².